The number of anilines is 2. The van der Waals surface area contributed by atoms with Crippen molar-refractivity contribution in [2.45, 2.75) is 38.6 Å². The lowest BCUT2D eigenvalue weighted by Crippen LogP contribution is -2.45. The van der Waals surface area contributed by atoms with Crippen LogP contribution in [0.3, 0.4) is 0 Å². The van der Waals surface area contributed by atoms with Gasteiger partial charge in [-0.25, -0.2) is 0 Å². The second-order valence-electron chi connectivity index (χ2n) is 8.04. The minimum Gasteiger partial charge on any atom is -0.369 e. The normalized spacial score (nSPS) is 18.0. The molecule has 2 aromatic carbocycles. The Kier molecular flexibility index (Phi) is 6.07. The number of nitrogens with one attached hydrogen (secondary N) is 1. The van der Waals surface area contributed by atoms with E-state index in [0.29, 0.717) is 22.2 Å². The molecule has 0 radical (unpaired) electrons. The fraction of sp³-hybridized carbons (Fsp3) is 0.304. The molecule has 150 valence electrons. The highest BCUT2D eigenvalue weighted by Gasteiger charge is 2.34. The van der Waals surface area contributed by atoms with Crippen LogP contribution in [0, 0.1) is 11.3 Å². The van der Waals surface area contributed by atoms with E-state index in [1.54, 1.807) is 18.2 Å². The number of amides is 1. The van der Waals surface area contributed by atoms with Crippen LogP contribution in [-0.4, -0.2) is 18.5 Å². The van der Waals surface area contributed by atoms with Crippen LogP contribution in [0.5, 0.6) is 0 Å². The van der Waals surface area contributed by atoms with Gasteiger partial charge in [-0.3, -0.25) is 4.79 Å². The van der Waals surface area contributed by atoms with E-state index in [0.717, 1.165) is 16.6 Å². The van der Waals surface area contributed by atoms with Gasteiger partial charge in [0.15, 0.2) is 0 Å². The lowest BCUT2D eigenvalue weighted by atomic mass is 9.80. The van der Waals surface area contributed by atoms with Gasteiger partial charge in [0.05, 0.1) is 0 Å². The molecule has 0 fully saturated rings. The molecular formula is C23H23BrClN3O. The van der Waals surface area contributed by atoms with Crippen LogP contribution in [0.4, 0.5) is 11.4 Å². The van der Waals surface area contributed by atoms with Crippen molar-refractivity contribution >= 4 is 50.9 Å². The van der Waals surface area contributed by atoms with Gasteiger partial charge in [0.1, 0.15) is 11.6 Å². The van der Waals surface area contributed by atoms with E-state index >= 15 is 0 Å². The molecule has 0 spiro atoms. The van der Waals surface area contributed by atoms with Gasteiger partial charge in [-0.2, -0.15) is 5.26 Å². The predicted molar refractivity (Wildman–Crippen MR) is 123 cm³/mol. The number of carbonyl (C=O) groups excluding carboxylic acids is 1. The molecule has 0 saturated carbocycles. The van der Waals surface area contributed by atoms with E-state index in [1.165, 1.54) is 5.56 Å². The van der Waals surface area contributed by atoms with Crippen LogP contribution >= 0.6 is 27.5 Å². The van der Waals surface area contributed by atoms with E-state index in [4.69, 9.17) is 11.6 Å². The molecule has 0 saturated heterocycles. The summed E-state index contributed by atoms with van der Waals surface area (Å²) < 4.78 is 0.844. The fourth-order valence-electron chi connectivity index (χ4n) is 3.78. The second kappa shape index (κ2) is 8.22. The van der Waals surface area contributed by atoms with Gasteiger partial charge in [0.2, 0.25) is 0 Å². The van der Waals surface area contributed by atoms with E-state index < -0.39 is 5.91 Å². The third kappa shape index (κ3) is 4.49. The number of halogens is 2. The van der Waals surface area contributed by atoms with Gasteiger partial charge >= 0.3 is 0 Å². The number of benzene rings is 2. The monoisotopic (exact) mass is 471 g/mol. The largest absolute Gasteiger partial charge is 0.369 e. The highest BCUT2D eigenvalue weighted by atomic mass is 79.9. The van der Waals surface area contributed by atoms with E-state index in [1.807, 2.05) is 30.3 Å². The van der Waals surface area contributed by atoms with Crippen LogP contribution in [0.2, 0.25) is 5.02 Å². The van der Waals surface area contributed by atoms with Gasteiger partial charge in [0.25, 0.3) is 5.91 Å². The molecule has 6 heteroatoms. The summed E-state index contributed by atoms with van der Waals surface area (Å²) in [6.07, 6.45) is 2.57. The minimum absolute atomic E-state index is 0.00368. The summed E-state index contributed by atoms with van der Waals surface area (Å²) in [6.45, 7) is 6.63. The molecule has 1 atom stereocenters. The molecule has 1 heterocycles. The standard InChI is InChI=1S/C23H23BrClN3O/c1-14-12-23(2,3)28(4)21-11-20(25)15(9-19(14)21)8-16(13-26)22(29)27-18-7-5-6-17(24)10-18/h5-11,14H,12H2,1-4H3,(H,27,29)/b16-8-/t14-/m1/s1. The van der Waals surface area contributed by atoms with Gasteiger partial charge in [-0.05, 0) is 73.7 Å². The first kappa shape index (κ1) is 21.4. The number of hydrogen-bond donors (Lipinski definition) is 1. The van der Waals surface area contributed by atoms with Crippen LogP contribution in [-0.2, 0) is 4.79 Å². The highest BCUT2D eigenvalue weighted by Crippen LogP contribution is 2.44. The van der Waals surface area contributed by atoms with Crippen molar-refractivity contribution in [3.63, 3.8) is 0 Å². The van der Waals surface area contributed by atoms with Crippen molar-refractivity contribution in [2.75, 3.05) is 17.3 Å². The van der Waals surface area contributed by atoms with Crippen LogP contribution < -0.4 is 10.2 Å². The van der Waals surface area contributed by atoms with E-state index in [-0.39, 0.29) is 11.1 Å². The molecule has 0 bridgehead atoms. The molecule has 1 amide bonds. The lowest BCUT2D eigenvalue weighted by molar-refractivity contribution is -0.112. The molecule has 0 aliphatic carbocycles. The lowest BCUT2D eigenvalue weighted by Gasteiger charge is -2.45. The third-order valence-electron chi connectivity index (χ3n) is 5.50. The Morgan fingerprint density at radius 1 is 1.38 bits per heavy atom. The summed E-state index contributed by atoms with van der Waals surface area (Å²) in [7, 11) is 2.07. The van der Waals surface area contributed by atoms with Crippen LogP contribution in [0.1, 0.15) is 44.2 Å². The molecule has 0 unspecified atom stereocenters. The van der Waals surface area contributed by atoms with Gasteiger partial charge in [0, 0.05) is 33.5 Å². The van der Waals surface area contributed by atoms with Crippen molar-refractivity contribution in [1.29, 1.82) is 5.26 Å². The first-order valence-electron chi connectivity index (χ1n) is 9.38. The quantitative estimate of drug-likeness (QED) is 0.417. The summed E-state index contributed by atoms with van der Waals surface area (Å²) in [6, 6.07) is 13.1. The Bertz CT molecular complexity index is 1040. The van der Waals surface area contributed by atoms with Crippen molar-refractivity contribution < 1.29 is 4.79 Å². The van der Waals surface area contributed by atoms with Crippen LogP contribution in [0.15, 0.2) is 46.4 Å². The molecule has 29 heavy (non-hydrogen) atoms. The summed E-state index contributed by atoms with van der Waals surface area (Å²) in [5, 5.41) is 12.8. The molecule has 4 nitrogen and oxygen atoms in total. The van der Waals surface area contributed by atoms with Crippen LogP contribution in [0.25, 0.3) is 6.08 Å². The molecule has 1 N–H and O–H groups in total. The number of fused-ring (bicyclic) bond motifs is 1. The molecule has 0 aromatic heterocycles. The number of nitriles is 1. The zero-order chi connectivity index (χ0) is 21.3. The Morgan fingerprint density at radius 3 is 2.76 bits per heavy atom. The highest BCUT2D eigenvalue weighted by molar-refractivity contribution is 9.10. The van der Waals surface area contributed by atoms with E-state index in [2.05, 4.69) is 54.0 Å². The Morgan fingerprint density at radius 2 is 2.10 bits per heavy atom. The summed E-state index contributed by atoms with van der Waals surface area (Å²) in [4.78, 5) is 14.8. The van der Waals surface area contributed by atoms with E-state index in [9.17, 15) is 10.1 Å². The smallest absolute Gasteiger partial charge is 0.266 e. The molecule has 1 aliphatic heterocycles. The SMILES string of the molecule is C[C@@H]1CC(C)(C)N(C)c2cc(Cl)c(/C=C(/C#N)C(=O)Nc3cccc(Br)c3)cc21. The maximum atomic E-state index is 12.6. The Labute approximate surface area is 185 Å². The first-order chi connectivity index (χ1) is 13.6. The first-order valence-corrected chi connectivity index (χ1v) is 10.6. The molecular weight excluding hydrogens is 450 g/mol. The van der Waals surface area contributed by atoms with Crippen molar-refractivity contribution in [3.8, 4) is 6.07 Å². The maximum absolute atomic E-state index is 12.6. The summed E-state index contributed by atoms with van der Waals surface area (Å²) in [5.41, 5.74) is 3.59. The predicted octanol–water partition coefficient (Wildman–Crippen LogP) is 6.37. The number of rotatable bonds is 3. The van der Waals surface area contributed by atoms with Gasteiger partial charge in [-0.15, -0.1) is 0 Å². The minimum atomic E-state index is -0.467. The zero-order valence-electron chi connectivity index (χ0n) is 16.9. The Balaban J connectivity index is 1.95. The number of hydrogen-bond acceptors (Lipinski definition) is 3. The van der Waals surface area contributed by atoms with Crippen molar-refractivity contribution in [3.05, 3.63) is 62.6 Å². The molecule has 1 aliphatic rings. The summed E-state index contributed by atoms with van der Waals surface area (Å²) >= 11 is 9.91. The third-order valence-corrected chi connectivity index (χ3v) is 6.32. The molecule has 3 rings (SSSR count). The second-order valence-corrected chi connectivity index (χ2v) is 9.37. The maximum Gasteiger partial charge on any atom is 0.266 e. The topological polar surface area (TPSA) is 56.1 Å². The van der Waals surface area contributed by atoms with Gasteiger partial charge < -0.3 is 10.2 Å². The number of nitrogens with zero attached hydrogens (tertiary/aromatic N) is 2. The fourth-order valence-corrected chi connectivity index (χ4v) is 4.40. The van der Waals surface area contributed by atoms with Crippen molar-refractivity contribution in [1.82, 2.24) is 0 Å². The van der Waals surface area contributed by atoms with Crippen molar-refractivity contribution in [2.24, 2.45) is 0 Å². The average molecular weight is 473 g/mol. The molecule has 2 aromatic rings. The Hall–Kier alpha value is -2.29. The van der Waals surface area contributed by atoms with Gasteiger partial charge in [-0.1, -0.05) is 40.5 Å². The number of carbonyl (C=O) groups is 1. The summed E-state index contributed by atoms with van der Waals surface area (Å²) in [5.74, 6) is -0.118. The zero-order valence-corrected chi connectivity index (χ0v) is 19.2. The average Bonchev–Trinajstić information content (AvgIpc) is 2.64.